The first-order valence-electron chi connectivity index (χ1n) is 6.96. The second-order valence-electron chi connectivity index (χ2n) is 6.02. The van der Waals surface area contributed by atoms with Gasteiger partial charge in [0.05, 0.1) is 5.69 Å². The molecule has 0 bridgehead atoms. The summed E-state index contributed by atoms with van der Waals surface area (Å²) in [7, 11) is -4.02. The van der Waals surface area contributed by atoms with Crippen molar-refractivity contribution in [2.75, 3.05) is 0 Å². The third-order valence-electron chi connectivity index (χ3n) is 3.03. The van der Waals surface area contributed by atoms with E-state index in [-0.39, 0.29) is 22.5 Å². The molecule has 1 heterocycles. The van der Waals surface area contributed by atoms with Crippen molar-refractivity contribution in [1.29, 1.82) is 0 Å². The molecule has 120 valence electrons. The molecule has 1 atom stereocenters. The molecule has 1 rings (SSSR count). The van der Waals surface area contributed by atoms with E-state index in [0.717, 1.165) is 6.42 Å². The fourth-order valence-corrected chi connectivity index (χ4v) is 3.23. The number of nitrogens with zero attached hydrogens (tertiary/aromatic N) is 1. The predicted octanol–water partition coefficient (Wildman–Crippen LogP) is 1.34. The van der Waals surface area contributed by atoms with Crippen molar-refractivity contribution >= 4 is 15.9 Å². The number of carbonyl (C=O) groups is 1. The van der Waals surface area contributed by atoms with Gasteiger partial charge in [-0.25, -0.2) is 13.6 Å². The normalized spacial score (nSPS) is 13.7. The molecular formula is C13H24N4O3S. The minimum Gasteiger partial charge on any atom is -0.348 e. The molecule has 0 radical (unpaired) electrons. The fourth-order valence-electron chi connectivity index (χ4n) is 2.24. The predicted molar refractivity (Wildman–Crippen MR) is 80.4 cm³/mol. The Labute approximate surface area is 125 Å². The van der Waals surface area contributed by atoms with Gasteiger partial charge in [0.25, 0.3) is 5.91 Å². The van der Waals surface area contributed by atoms with Gasteiger partial charge in [0, 0.05) is 6.04 Å². The number of primary sulfonamides is 1. The lowest BCUT2D eigenvalue weighted by Crippen LogP contribution is -2.35. The molecule has 1 unspecified atom stereocenters. The van der Waals surface area contributed by atoms with E-state index in [4.69, 9.17) is 5.14 Å². The molecule has 0 saturated heterocycles. The van der Waals surface area contributed by atoms with Crippen LogP contribution in [0.3, 0.4) is 0 Å². The Balaban J connectivity index is 3.11. The summed E-state index contributed by atoms with van der Waals surface area (Å²) in [5.74, 6) is -0.251. The van der Waals surface area contributed by atoms with Crippen LogP contribution < -0.4 is 10.5 Å². The van der Waals surface area contributed by atoms with E-state index >= 15 is 0 Å². The average molecular weight is 316 g/mol. The minimum atomic E-state index is -4.02. The molecule has 0 aromatic carbocycles. The van der Waals surface area contributed by atoms with Crippen LogP contribution in [0.25, 0.3) is 0 Å². The molecular weight excluding hydrogens is 292 g/mol. The summed E-state index contributed by atoms with van der Waals surface area (Å²) >= 11 is 0. The number of hydrogen-bond acceptors (Lipinski definition) is 4. The van der Waals surface area contributed by atoms with Gasteiger partial charge in [0.15, 0.2) is 5.69 Å². The van der Waals surface area contributed by atoms with E-state index in [9.17, 15) is 13.2 Å². The highest BCUT2D eigenvalue weighted by atomic mass is 32.2. The second kappa shape index (κ2) is 6.57. The summed E-state index contributed by atoms with van der Waals surface area (Å²) in [4.78, 5) is 12.0. The topological polar surface area (TPSA) is 118 Å². The maximum atomic E-state index is 12.2. The van der Waals surface area contributed by atoms with E-state index in [2.05, 4.69) is 15.5 Å². The Morgan fingerprint density at radius 1 is 1.29 bits per heavy atom. The highest BCUT2D eigenvalue weighted by Gasteiger charge is 2.29. The molecule has 4 N–H and O–H groups in total. The number of rotatable bonds is 6. The SMILES string of the molecule is CC(C)CC(C)NC(=O)c1n[nH]c(C(C)C)c1S(N)(=O)=O. The van der Waals surface area contributed by atoms with Gasteiger partial charge in [0.1, 0.15) is 4.90 Å². The zero-order valence-electron chi connectivity index (χ0n) is 13.1. The van der Waals surface area contributed by atoms with Gasteiger partial charge < -0.3 is 5.32 Å². The van der Waals surface area contributed by atoms with Crippen LogP contribution in [0.5, 0.6) is 0 Å². The van der Waals surface area contributed by atoms with Crippen LogP contribution in [-0.4, -0.2) is 30.6 Å². The van der Waals surface area contributed by atoms with Crippen molar-refractivity contribution in [3.05, 3.63) is 11.4 Å². The summed E-state index contributed by atoms with van der Waals surface area (Å²) in [6.45, 7) is 9.55. The van der Waals surface area contributed by atoms with Gasteiger partial charge in [-0.3, -0.25) is 9.89 Å². The van der Waals surface area contributed by atoms with Crippen LogP contribution in [0, 0.1) is 5.92 Å². The average Bonchev–Trinajstić information content (AvgIpc) is 2.71. The Morgan fingerprint density at radius 3 is 2.29 bits per heavy atom. The molecule has 1 aromatic rings. The van der Waals surface area contributed by atoms with Crippen molar-refractivity contribution in [1.82, 2.24) is 15.5 Å². The van der Waals surface area contributed by atoms with Gasteiger partial charge in [-0.05, 0) is 25.2 Å². The van der Waals surface area contributed by atoms with E-state index in [0.29, 0.717) is 11.6 Å². The lowest BCUT2D eigenvalue weighted by atomic mass is 10.1. The minimum absolute atomic E-state index is 0.0787. The van der Waals surface area contributed by atoms with Crippen LogP contribution in [0.15, 0.2) is 4.90 Å². The first kappa shape index (κ1) is 17.6. The van der Waals surface area contributed by atoms with Gasteiger partial charge >= 0.3 is 0 Å². The van der Waals surface area contributed by atoms with E-state index in [1.165, 1.54) is 0 Å². The Hall–Kier alpha value is -1.41. The van der Waals surface area contributed by atoms with Crippen molar-refractivity contribution in [2.24, 2.45) is 11.1 Å². The van der Waals surface area contributed by atoms with Gasteiger partial charge in [-0.1, -0.05) is 27.7 Å². The third kappa shape index (κ3) is 4.53. The number of sulfonamides is 1. The maximum Gasteiger partial charge on any atom is 0.273 e. The summed E-state index contributed by atoms with van der Waals surface area (Å²) in [5, 5.41) is 14.4. The van der Waals surface area contributed by atoms with Crippen LogP contribution >= 0.6 is 0 Å². The summed E-state index contributed by atoms with van der Waals surface area (Å²) in [6.07, 6.45) is 0.790. The number of carbonyl (C=O) groups excluding carboxylic acids is 1. The highest BCUT2D eigenvalue weighted by Crippen LogP contribution is 2.23. The summed E-state index contributed by atoms with van der Waals surface area (Å²) in [5.41, 5.74) is 0.177. The van der Waals surface area contributed by atoms with E-state index in [1.807, 2.05) is 20.8 Å². The number of aromatic amines is 1. The molecule has 0 aliphatic carbocycles. The lowest BCUT2D eigenvalue weighted by molar-refractivity contribution is 0.0927. The van der Waals surface area contributed by atoms with Gasteiger partial charge in [0.2, 0.25) is 10.0 Å². The van der Waals surface area contributed by atoms with Crippen molar-refractivity contribution in [3.8, 4) is 0 Å². The Bertz CT molecular complexity index is 605. The Morgan fingerprint density at radius 2 is 1.86 bits per heavy atom. The molecule has 0 saturated carbocycles. The monoisotopic (exact) mass is 316 g/mol. The maximum absolute atomic E-state index is 12.2. The van der Waals surface area contributed by atoms with E-state index < -0.39 is 15.9 Å². The highest BCUT2D eigenvalue weighted by molar-refractivity contribution is 7.89. The molecule has 0 aliphatic rings. The number of aromatic nitrogens is 2. The molecule has 1 amide bonds. The second-order valence-corrected chi connectivity index (χ2v) is 7.52. The molecule has 0 aliphatic heterocycles. The number of amides is 1. The number of H-pyrrole nitrogens is 1. The summed E-state index contributed by atoms with van der Waals surface area (Å²) in [6, 6.07) is -0.0787. The standard InChI is InChI=1S/C13H24N4O3S/c1-7(2)6-9(5)15-13(18)11-12(21(14,19)20)10(8(3)4)16-17-11/h7-9H,6H2,1-5H3,(H,15,18)(H,16,17)(H2,14,19,20). The number of nitrogens with one attached hydrogen (secondary N) is 2. The van der Waals surface area contributed by atoms with Crippen molar-refractivity contribution in [3.63, 3.8) is 0 Å². The number of nitrogens with two attached hydrogens (primary N) is 1. The van der Waals surface area contributed by atoms with Crippen molar-refractivity contribution < 1.29 is 13.2 Å². The molecule has 1 aromatic heterocycles. The van der Waals surface area contributed by atoms with Crippen LogP contribution in [-0.2, 0) is 10.0 Å². The first-order valence-corrected chi connectivity index (χ1v) is 8.50. The van der Waals surface area contributed by atoms with Crippen LogP contribution in [0.1, 0.15) is 63.1 Å². The smallest absolute Gasteiger partial charge is 0.273 e. The summed E-state index contributed by atoms with van der Waals surface area (Å²) < 4.78 is 23.5. The molecule has 0 fully saturated rings. The van der Waals surface area contributed by atoms with Crippen LogP contribution in [0.4, 0.5) is 0 Å². The molecule has 8 heteroatoms. The van der Waals surface area contributed by atoms with E-state index in [1.54, 1.807) is 13.8 Å². The first-order chi connectivity index (χ1) is 9.54. The third-order valence-corrected chi connectivity index (χ3v) is 4.01. The molecule has 7 nitrogen and oxygen atoms in total. The van der Waals surface area contributed by atoms with Crippen molar-refractivity contribution in [2.45, 2.75) is 57.9 Å². The fraction of sp³-hybridized carbons (Fsp3) is 0.692. The molecule has 21 heavy (non-hydrogen) atoms. The lowest BCUT2D eigenvalue weighted by Gasteiger charge is -2.15. The Kier molecular flexibility index (Phi) is 5.52. The van der Waals surface area contributed by atoms with Gasteiger partial charge in [-0.15, -0.1) is 0 Å². The quantitative estimate of drug-likeness (QED) is 0.734. The largest absolute Gasteiger partial charge is 0.348 e. The molecule has 0 spiro atoms. The zero-order valence-corrected chi connectivity index (χ0v) is 13.9. The van der Waals surface area contributed by atoms with Gasteiger partial charge in [-0.2, -0.15) is 5.10 Å². The van der Waals surface area contributed by atoms with Crippen LogP contribution in [0.2, 0.25) is 0 Å². The zero-order chi connectivity index (χ0) is 16.4. The number of hydrogen-bond donors (Lipinski definition) is 3.